The van der Waals surface area contributed by atoms with Gasteiger partial charge in [-0.15, -0.1) is 0 Å². The molecule has 0 aliphatic carbocycles. The summed E-state index contributed by atoms with van der Waals surface area (Å²) in [6.45, 7) is 2.28. The van der Waals surface area contributed by atoms with E-state index in [9.17, 15) is 19.2 Å². The molecular weight excluding hydrogens is 500 g/mol. The van der Waals surface area contributed by atoms with E-state index in [2.05, 4.69) is 10.6 Å². The molecule has 2 aliphatic heterocycles. The van der Waals surface area contributed by atoms with E-state index in [1.165, 1.54) is 24.3 Å². The third-order valence-corrected chi connectivity index (χ3v) is 6.73. The number of likely N-dealkylation sites (tertiary alicyclic amines) is 1. The van der Waals surface area contributed by atoms with Crippen LogP contribution in [-0.4, -0.2) is 64.4 Å². The lowest BCUT2D eigenvalue weighted by Gasteiger charge is -2.19. The number of nitrogens with zero attached hydrogens (tertiary/aromatic N) is 2. The Balaban J connectivity index is 1.31. The number of carboxylic acid groups (broad SMARTS) is 1. The molecule has 3 aromatic rings. The van der Waals surface area contributed by atoms with Gasteiger partial charge < -0.3 is 30.3 Å². The predicted molar refractivity (Wildman–Crippen MR) is 141 cm³/mol. The van der Waals surface area contributed by atoms with Crippen LogP contribution in [0.2, 0.25) is 0 Å². The Morgan fingerprint density at radius 2 is 1.69 bits per heavy atom. The van der Waals surface area contributed by atoms with E-state index < -0.39 is 5.97 Å². The maximum absolute atomic E-state index is 13.2. The third-order valence-electron chi connectivity index (χ3n) is 6.73. The summed E-state index contributed by atoms with van der Waals surface area (Å²) in [6, 6.07) is 20.1. The van der Waals surface area contributed by atoms with Gasteiger partial charge in [-0.2, -0.15) is 0 Å². The Morgan fingerprint density at radius 1 is 0.949 bits per heavy atom. The molecule has 10 nitrogen and oxygen atoms in total. The average Bonchev–Trinajstić information content (AvgIpc) is 3.49. The first-order valence-corrected chi connectivity index (χ1v) is 12.6. The van der Waals surface area contributed by atoms with Crippen molar-refractivity contribution in [2.75, 3.05) is 19.6 Å². The molecular formula is C29H28N4O6. The van der Waals surface area contributed by atoms with Crippen LogP contribution >= 0.6 is 0 Å². The molecule has 5 rings (SSSR count). The van der Waals surface area contributed by atoms with Crippen LogP contribution < -0.4 is 15.4 Å². The number of carbonyl (C=O) groups is 4. The highest BCUT2D eigenvalue weighted by atomic mass is 16.5. The van der Waals surface area contributed by atoms with Gasteiger partial charge in [0.2, 0.25) is 5.91 Å². The number of ether oxygens (including phenoxy) is 1. The summed E-state index contributed by atoms with van der Waals surface area (Å²) >= 11 is 0. The van der Waals surface area contributed by atoms with Crippen molar-refractivity contribution < 1.29 is 29.0 Å². The van der Waals surface area contributed by atoms with E-state index in [0.29, 0.717) is 48.8 Å². The molecule has 2 saturated heterocycles. The molecule has 10 heteroatoms. The standard InChI is InChI=1S/C29H28N4O6/c34-26-15-23(18-33(26)16-19-4-2-1-3-5-19)31-27(35)21-6-7-22(17-32-13-12-30-29(32)38)25(14-21)39-24-10-8-20(9-11-24)28(36)37/h1-11,14,23H,12-13,15-18H2,(H,30,38)(H,31,35)(H,36,37). The smallest absolute Gasteiger partial charge is 0.335 e. The first kappa shape index (κ1) is 25.8. The molecule has 0 aromatic heterocycles. The van der Waals surface area contributed by atoms with Crippen molar-refractivity contribution in [3.8, 4) is 11.5 Å². The van der Waals surface area contributed by atoms with Gasteiger partial charge in [-0.05, 0) is 42.0 Å². The van der Waals surface area contributed by atoms with Crippen molar-refractivity contribution >= 4 is 23.8 Å². The van der Waals surface area contributed by atoms with Gasteiger partial charge in [0, 0.05) is 43.7 Å². The third kappa shape index (κ3) is 6.18. The van der Waals surface area contributed by atoms with Crippen LogP contribution in [0.4, 0.5) is 4.79 Å². The Hall–Kier alpha value is -4.86. The number of carbonyl (C=O) groups excluding carboxylic acids is 3. The number of rotatable bonds is 9. The fourth-order valence-corrected chi connectivity index (χ4v) is 4.68. The molecule has 200 valence electrons. The number of hydrogen-bond acceptors (Lipinski definition) is 5. The molecule has 2 aliphatic rings. The van der Waals surface area contributed by atoms with Gasteiger partial charge in [0.25, 0.3) is 5.91 Å². The number of nitrogens with one attached hydrogen (secondary N) is 2. The van der Waals surface area contributed by atoms with Crippen LogP contribution in [0.25, 0.3) is 0 Å². The lowest BCUT2D eigenvalue weighted by atomic mass is 10.1. The number of hydrogen-bond donors (Lipinski definition) is 3. The van der Waals surface area contributed by atoms with Crippen molar-refractivity contribution in [2.24, 2.45) is 0 Å². The summed E-state index contributed by atoms with van der Waals surface area (Å²) in [5.41, 5.74) is 2.18. The molecule has 0 spiro atoms. The number of aromatic carboxylic acids is 1. The average molecular weight is 529 g/mol. The minimum absolute atomic E-state index is 0.0165. The first-order valence-electron chi connectivity index (χ1n) is 12.6. The molecule has 0 saturated carbocycles. The molecule has 1 unspecified atom stereocenters. The van der Waals surface area contributed by atoms with Gasteiger partial charge >= 0.3 is 12.0 Å². The van der Waals surface area contributed by atoms with Crippen LogP contribution in [0, 0.1) is 0 Å². The van der Waals surface area contributed by atoms with E-state index >= 15 is 0 Å². The van der Waals surface area contributed by atoms with Crippen molar-refractivity contribution in [1.29, 1.82) is 0 Å². The van der Waals surface area contributed by atoms with Crippen LogP contribution in [0.5, 0.6) is 11.5 Å². The first-order chi connectivity index (χ1) is 18.9. The summed E-state index contributed by atoms with van der Waals surface area (Å²) in [7, 11) is 0. The largest absolute Gasteiger partial charge is 0.478 e. The zero-order valence-corrected chi connectivity index (χ0v) is 21.1. The molecule has 0 bridgehead atoms. The Labute approximate surface area is 225 Å². The van der Waals surface area contributed by atoms with Crippen LogP contribution in [-0.2, 0) is 17.9 Å². The Morgan fingerprint density at radius 3 is 2.38 bits per heavy atom. The second-order valence-electron chi connectivity index (χ2n) is 9.54. The fourth-order valence-electron chi connectivity index (χ4n) is 4.68. The van der Waals surface area contributed by atoms with Crippen molar-refractivity contribution in [2.45, 2.75) is 25.6 Å². The van der Waals surface area contributed by atoms with Crippen molar-refractivity contribution in [1.82, 2.24) is 20.4 Å². The highest BCUT2D eigenvalue weighted by molar-refractivity contribution is 5.95. The van der Waals surface area contributed by atoms with Gasteiger partial charge in [-0.1, -0.05) is 36.4 Å². The number of urea groups is 1. The highest BCUT2D eigenvalue weighted by Gasteiger charge is 2.31. The number of carboxylic acids is 1. The lowest BCUT2D eigenvalue weighted by Crippen LogP contribution is -2.37. The van der Waals surface area contributed by atoms with E-state index in [1.807, 2.05) is 30.3 Å². The van der Waals surface area contributed by atoms with Crippen molar-refractivity contribution in [3.63, 3.8) is 0 Å². The van der Waals surface area contributed by atoms with Crippen LogP contribution in [0.1, 0.15) is 38.3 Å². The van der Waals surface area contributed by atoms with Gasteiger partial charge in [0.1, 0.15) is 11.5 Å². The monoisotopic (exact) mass is 528 g/mol. The van der Waals surface area contributed by atoms with Gasteiger partial charge in [0.15, 0.2) is 0 Å². The maximum atomic E-state index is 13.2. The summed E-state index contributed by atoms with van der Waals surface area (Å²) in [6.07, 6.45) is 0.222. The quantitative estimate of drug-likeness (QED) is 0.391. The highest BCUT2D eigenvalue weighted by Crippen LogP contribution is 2.29. The SMILES string of the molecule is O=C(O)c1ccc(Oc2cc(C(=O)NC3CC(=O)N(Cc4ccccc4)C3)ccc2CN2CCNC2=O)cc1. The fraction of sp³-hybridized carbons (Fsp3) is 0.241. The van der Waals surface area contributed by atoms with Gasteiger partial charge in [-0.25, -0.2) is 9.59 Å². The minimum Gasteiger partial charge on any atom is -0.478 e. The molecule has 2 fully saturated rings. The van der Waals surface area contributed by atoms with Crippen LogP contribution in [0.15, 0.2) is 72.8 Å². The molecule has 4 amide bonds. The number of benzene rings is 3. The minimum atomic E-state index is -1.05. The molecule has 3 aromatic carbocycles. The van der Waals surface area contributed by atoms with E-state index in [0.717, 1.165) is 5.56 Å². The lowest BCUT2D eigenvalue weighted by molar-refractivity contribution is -0.128. The summed E-state index contributed by atoms with van der Waals surface area (Å²) in [5.74, 6) is -0.641. The van der Waals surface area contributed by atoms with Gasteiger partial charge in [0.05, 0.1) is 18.2 Å². The summed E-state index contributed by atoms with van der Waals surface area (Å²) < 4.78 is 6.06. The predicted octanol–water partition coefficient (Wildman–Crippen LogP) is 3.23. The Bertz CT molecular complexity index is 1390. The zero-order chi connectivity index (χ0) is 27.4. The van der Waals surface area contributed by atoms with E-state index in [-0.39, 0.29) is 42.4 Å². The molecule has 1 atom stereocenters. The molecule has 39 heavy (non-hydrogen) atoms. The molecule has 0 radical (unpaired) electrons. The van der Waals surface area contributed by atoms with Crippen LogP contribution in [0.3, 0.4) is 0 Å². The van der Waals surface area contributed by atoms with Gasteiger partial charge in [-0.3, -0.25) is 9.59 Å². The Kier molecular flexibility index (Phi) is 7.44. The van der Waals surface area contributed by atoms with Crippen molar-refractivity contribution in [3.05, 3.63) is 95.1 Å². The molecule has 3 N–H and O–H groups in total. The topological polar surface area (TPSA) is 128 Å². The normalized spacial score (nSPS) is 16.8. The summed E-state index contributed by atoms with van der Waals surface area (Å²) in [4.78, 5) is 52.4. The second-order valence-corrected chi connectivity index (χ2v) is 9.54. The zero-order valence-electron chi connectivity index (χ0n) is 21.1. The second kappa shape index (κ2) is 11.3. The maximum Gasteiger partial charge on any atom is 0.335 e. The number of amides is 4. The molecule has 2 heterocycles. The van der Waals surface area contributed by atoms with E-state index in [4.69, 9.17) is 9.84 Å². The van der Waals surface area contributed by atoms with E-state index in [1.54, 1.807) is 28.0 Å². The summed E-state index contributed by atoms with van der Waals surface area (Å²) in [5, 5.41) is 14.9.